The monoisotopic (exact) mass is 242 g/mol. The number of alkyl halides is 3. The fourth-order valence-corrected chi connectivity index (χ4v) is 1.58. The first kappa shape index (κ1) is 11.6. The maximum atomic E-state index is 12.5. The molecule has 0 atom stereocenters. The lowest BCUT2D eigenvalue weighted by Crippen LogP contribution is -2.13. The number of hydrogen-bond acceptors (Lipinski definition) is 2. The second kappa shape index (κ2) is 3.87. The van der Waals surface area contributed by atoms with Gasteiger partial charge in [0.15, 0.2) is 0 Å². The topological polar surface area (TPSA) is 41.5 Å². The summed E-state index contributed by atoms with van der Waals surface area (Å²) in [6.45, 7) is 1.66. The summed E-state index contributed by atoms with van der Waals surface area (Å²) in [6, 6.07) is 3.11. The van der Waals surface area contributed by atoms with Crippen LogP contribution in [0.1, 0.15) is 18.9 Å². The van der Waals surface area contributed by atoms with Gasteiger partial charge in [-0.3, -0.25) is 9.79 Å². The summed E-state index contributed by atoms with van der Waals surface area (Å²) in [5.74, 6) is -0.357. The number of nitrogens with one attached hydrogen (secondary N) is 1. The number of carbonyl (C=O) groups is 1. The van der Waals surface area contributed by atoms with Gasteiger partial charge >= 0.3 is 6.18 Å². The Morgan fingerprint density at radius 2 is 2.06 bits per heavy atom. The van der Waals surface area contributed by atoms with Crippen molar-refractivity contribution in [3.05, 3.63) is 23.8 Å². The summed E-state index contributed by atoms with van der Waals surface area (Å²) in [7, 11) is 0. The zero-order valence-corrected chi connectivity index (χ0v) is 8.93. The average Bonchev–Trinajstić information content (AvgIpc) is 2.31. The van der Waals surface area contributed by atoms with Crippen LogP contribution in [0.4, 0.5) is 24.5 Å². The van der Waals surface area contributed by atoms with Crippen molar-refractivity contribution in [1.82, 2.24) is 0 Å². The first-order chi connectivity index (χ1) is 7.86. The highest BCUT2D eigenvalue weighted by Gasteiger charge is 2.31. The molecule has 6 heteroatoms. The van der Waals surface area contributed by atoms with Gasteiger partial charge in [0.25, 0.3) is 0 Å². The molecule has 1 N–H and O–H groups in total. The van der Waals surface area contributed by atoms with E-state index in [0.29, 0.717) is 11.4 Å². The Labute approximate surface area is 95.4 Å². The highest BCUT2D eigenvalue weighted by atomic mass is 19.4. The minimum atomic E-state index is -4.43. The molecule has 0 spiro atoms. The third kappa shape index (κ3) is 2.46. The van der Waals surface area contributed by atoms with Crippen LogP contribution >= 0.6 is 0 Å². The number of hydrogen-bond donors (Lipinski definition) is 1. The van der Waals surface area contributed by atoms with Crippen LogP contribution in [0.2, 0.25) is 0 Å². The van der Waals surface area contributed by atoms with E-state index in [1.165, 1.54) is 6.07 Å². The van der Waals surface area contributed by atoms with Crippen LogP contribution in [0.15, 0.2) is 23.2 Å². The van der Waals surface area contributed by atoms with Crippen molar-refractivity contribution in [2.24, 2.45) is 4.99 Å². The minimum absolute atomic E-state index is 0.0933. The molecule has 1 amide bonds. The van der Waals surface area contributed by atoms with Crippen molar-refractivity contribution in [3.8, 4) is 0 Å². The molecule has 1 aliphatic heterocycles. The van der Waals surface area contributed by atoms with Crippen LogP contribution in [0, 0.1) is 0 Å². The van der Waals surface area contributed by atoms with Gasteiger partial charge in [-0.05, 0) is 25.1 Å². The standard InChI is InChI=1S/C11H9F3N2O/c1-6-4-10(17)16-9-5-7(11(12,13)14)2-3-8(9)15-6/h2-3,5H,4H2,1H3,(H,16,17). The Balaban J connectivity index is 2.50. The molecule has 0 radical (unpaired) electrons. The molecule has 3 nitrogen and oxygen atoms in total. The number of carbonyl (C=O) groups excluding carboxylic acids is 1. The van der Waals surface area contributed by atoms with Crippen LogP contribution in [-0.2, 0) is 11.0 Å². The van der Waals surface area contributed by atoms with Gasteiger partial charge in [0.1, 0.15) is 0 Å². The Morgan fingerprint density at radius 3 is 2.71 bits per heavy atom. The molecule has 0 bridgehead atoms. The molecule has 0 aromatic heterocycles. The van der Waals surface area contributed by atoms with Crippen LogP contribution in [0.3, 0.4) is 0 Å². The normalized spacial score (nSPS) is 15.8. The van der Waals surface area contributed by atoms with Gasteiger partial charge in [-0.25, -0.2) is 0 Å². The minimum Gasteiger partial charge on any atom is -0.324 e. The van der Waals surface area contributed by atoms with E-state index in [1.807, 2.05) is 0 Å². The van der Waals surface area contributed by atoms with Crippen LogP contribution in [0.25, 0.3) is 0 Å². The Bertz CT molecular complexity index is 506. The lowest BCUT2D eigenvalue weighted by atomic mass is 10.1. The summed E-state index contributed by atoms with van der Waals surface area (Å²) < 4.78 is 37.5. The predicted molar refractivity (Wildman–Crippen MR) is 57.5 cm³/mol. The van der Waals surface area contributed by atoms with E-state index in [0.717, 1.165) is 12.1 Å². The zero-order chi connectivity index (χ0) is 12.6. The summed E-state index contributed by atoms with van der Waals surface area (Å²) in [6.07, 6.45) is -4.33. The smallest absolute Gasteiger partial charge is 0.324 e. The summed E-state index contributed by atoms with van der Waals surface area (Å²) in [4.78, 5) is 15.4. The first-order valence-electron chi connectivity index (χ1n) is 4.91. The van der Waals surface area contributed by atoms with Gasteiger partial charge in [-0.2, -0.15) is 13.2 Å². The quantitative estimate of drug-likeness (QED) is 0.746. The average molecular weight is 242 g/mol. The number of halogens is 3. The number of nitrogens with zero attached hydrogens (tertiary/aromatic N) is 1. The molecule has 90 valence electrons. The molecule has 0 fully saturated rings. The highest BCUT2D eigenvalue weighted by Crippen LogP contribution is 2.36. The van der Waals surface area contributed by atoms with Crippen molar-refractivity contribution >= 4 is 23.0 Å². The van der Waals surface area contributed by atoms with E-state index in [9.17, 15) is 18.0 Å². The summed E-state index contributed by atoms with van der Waals surface area (Å²) >= 11 is 0. The molecule has 0 saturated heterocycles. The van der Waals surface area contributed by atoms with Gasteiger partial charge in [-0.15, -0.1) is 0 Å². The third-order valence-electron chi connectivity index (χ3n) is 2.33. The maximum absolute atomic E-state index is 12.5. The van der Waals surface area contributed by atoms with E-state index in [-0.39, 0.29) is 18.0 Å². The number of fused-ring (bicyclic) bond motifs is 1. The Hall–Kier alpha value is -1.85. The van der Waals surface area contributed by atoms with E-state index >= 15 is 0 Å². The van der Waals surface area contributed by atoms with Crippen molar-refractivity contribution < 1.29 is 18.0 Å². The van der Waals surface area contributed by atoms with E-state index in [1.54, 1.807) is 6.92 Å². The summed E-state index contributed by atoms with van der Waals surface area (Å²) in [5, 5.41) is 2.41. The molecule has 0 unspecified atom stereocenters. The number of amides is 1. The lowest BCUT2D eigenvalue weighted by Gasteiger charge is -2.10. The molecular weight excluding hydrogens is 233 g/mol. The van der Waals surface area contributed by atoms with Crippen molar-refractivity contribution in [2.45, 2.75) is 19.5 Å². The number of aliphatic imine (C=N–C) groups is 1. The maximum Gasteiger partial charge on any atom is 0.416 e. The molecule has 0 saturated carbocycles. The van der Waals surface area contributed by atoms with Crippen LogP contribution in [0.5, 0.6) is 0 Å². The number of benzene rings is 1. The number of rotatable bonds is 0. The highest BCUT2D eigenvalue weighted by molar-refractivity contribution is 6.09. The molecule has 1 aromatic rings. The summed E-state index contributed by atoms with van der Waals surface area (Å²) in [5.41, 5.74) is 0.218. The van der Waals surface area contributed by atoms with E-state index < -0.39 is 11.7 Å². The van der Waals surface area contributed by atoms with E-state index in [2.05, 4.69) is 10.3 Å². The zero-order valence-electron chi connectivity index (χ0n) is 8.93. The largest absolute Gasteiger partial charge is 0.416 e. The Kier molecular flexibility index (Phi) is 2.65. The molecule has 1 aliphatic rings. The molecule has 1 aromatic carbocycles. The van der Waals surface area contributed by atoms with E-state index in [4.69, 9.17) is 0 Å². The van der Waals surface area contributed by atoms with Crippen molar-refractivity contribution in [3.63, 3.8) is 0 Å². The molecule has 1 heterocycles. The van der Waals surface area contributed by atoms with Crippen LogP contribution in [-0.4, -0.2) is 11.6 Å². The van der Waals surface area contributed by atoms with Gasteiger partial charge < -0.3 is 5.32 Å². The predicted octanol–water partition coefficient (Wildman–Crippen LogP) is 3.14. The second-order valence-corrected chi connectivity index (χ2v) is 3.80. The Morgan fingerprint density at radius 1 is 1.35 bits per heavy atom. The van der Waals surface area contributed by atoms with Gasteiger partial charge in [0.2, 0.25) is 5.91 Å². The molecule has 0 aliphatic carbocycles. The van der Waals surface area contributed by atoms with Gasteiger partial charge in [-0.1, -0.05) is 0 Å². The second-order valence-electron chi connectivity index (χ2n) is 3.80. The fraction of sp³-hybridized carbons (Fsp3) is 0.273. The van der Waals surface area contributed by atoms with Crippen molar-refractivity contribution in [2.75, 3.05) is 5.32 Å². The number of anilines is 1. The molecule has 17 heavy (non-hydrogen) atoms. The van der Waals surface area contributed by atoms with Crippen molar-refractivity contribution in [1.29, 1.82) is 0 Å². The fourth-order valence-electron chi connectivity index (χ4n) is 1.58. The van der Waals surface area contributed by atoms with Gasteiger partial charge in [0, 0.05) is 5.71 Å². The molecular formula is C11H9F3N2O. The third-order valence-corrected chi connectivity index (χ3v) is 2.33. The molecule has 2 rings (SSSR count). The van der Waals surface area contributed by atoms with Gasteiger partial charge in [0.05, 0.1) is 23.4 Å². The SMILES string of the molecule is CC1=Nc2ccc(C(F)(F)F)cc2NC(=O)C1. The van der Waals surface area contributed by atoms with Crippen LogP contribution < -0.4 is 5.32 Å². The lowest BCUT2D eigenvalue weighted by molar-refractivity contribution is -0.137. The first-order valence-corrected chi connectivity index (χ1v) is 4.91.